The van der Waals surface area contributed by atoms with Gasteiger partial charge in [0.1, 0.15) is 17.3 Å². The lowest BCUT2D eigenvalue weighted by molar-refractivity contribution is 0.103. The summed E-state index contributed by atoms with van der Waals surface area (Å²) in [7, 11) is 3.26. The monoisotopic (exact) mass is 488 g/mol. The lowest BCUT2D eigenvalue weighted by atomic mass is 10.1. The van der Waals surface area contributed by atoms with E-state index in [9.17, 15) is 4.79 Å². The highest BCUT2D eigenvalue weighted by atomic mass is 32.1. The standard InChI is InChI=1S/C27H28N4O3S/c1-33-22-10-11-23(34-2)26-20(22)17-24(35-26)27(32)29-21-8-4-3-7-19(21)18-30-13-15-31(16-14-30)25-9-5-6-12-28-25/h3-12,17H,13-16,18H2,1-2H3,(H,29,32). The van der Waals surface area contributed by atoms with E-state index in [1.165, 1.54) is 11.3 Å². The van der Waals surface area contributed by atoms with E-state index in [-0.39, 0.29) is 5.91 Å². The topological polar surface area (TPSA) is 66.9 Å². The first-order valence-corrected chi connectivity index (χ1v) is 12.4. The van der Waals surface area contributed by atoms with Crippen LogP contribution in [0.2, 0.25) is 0 Å². The first-order valence-electron chi connectivity index (χ1n) is 11.6. The van der Waals surface area contributed by atoms with E-state index in [1.54, 1.807) is 14.2 Å². The molecule has 0 radical (unpaired) electrons. The van der Waals surface area contributed by atoms with Gasteiger partial charge in [-0.3, -0.25) is 9.69 Å². The lowest BCUT2D eigenvalue weighted by Gasteiger charge is -2.35. The Bertz CT molecular complexity index is 1280. The number of methoxy groups -OCH3 is 2. The molecule has 3 heterocycles. The van der Waals surface area contributed by atoms with E-state index in [1.807, 2.05) is 54.7 Å². The number of para-hydroxylation sites is 1. The molecule has 7 nitrogen and oxygen atoms in total. The van der Waals surface area contributed by atoms with Gasteiger partial charge in [0, 0.05) is 50.0 Å². The highest BCUT2D eigenvalue weighted by Crippen LogP contribution is 2.39. The average molecular weight is 489 g/mol. The Morgan fingerprint density at radius 3 is 2.46 bits per heavy atom. The number of aromatic nitrogens is 1. The van der Waals surface area contributed by atoms with E-state index in [0.717, 1.165) is 71.4 Å². The van der Waals surface area contributed by atoms with Crippen molar-refractivity contribution in [3.8, 4) is 11.5 Å². The van der Waals surface area contributed by atoms with Crippen molar-refractivity contribution in [1.29, 1.82) is 0 Å². The SMILES string of the molecule is COc1ccc(OC)c2sc(C(=O)Nc3ccccc3CN3CCN(c4ccccn4)CC3)cc12. The zero-order chi connectivity index (χ0) is 24.2. The summed E-state index contributed by atoms with van der Waals surface area (Å²) in [6.07, 6.45) is 1.84. The number of thiophene rings is 1. The van der Waals surface area contributed by atoms with Crippen LogP contribution in [0.25, 0.3) is 10.1 Å². The normalized spacial score (nSPS) is 14.2. The van der Waals surface area contributed by atoms with E-state index in [4.69, 9.17) is 9.47 Å². The van der Waals surface area contributed by atoms with Gasteiger partial charge in [0.05, 0.1) is 23.8 Å². The summed E-state index contributed by atoms with van der Waals surface area (Å²) in [6, 6.07) is 19.6. The minimum absolute atomic E-state index is 0.136. The summed E-state index contributed by atoms with van der Waals surface area (Å²) in [6.45, 7) is 4.51. The number of benzene rings is 2. The maximum Gasteiger partial charge on any atom is 0.265 e. The number of piperazine rings is 1. The molecule has 0 saturated carbocycles. The van der Waals surface area contributed by atoms with Crippen molar-refractivity contribution in [3.63, 3.8) is 0 Å². The predicted molar refractivity (Wildman–Crippen MR) is 141 cm³/mol. The van der Waals surface area contributed by atoms with Crippen LogP contribution in [0.5, 0.6) is 11.5 Å². The van der Waals surface area contributed by atoms with Crippen LogP contribution in [0.3, 0.4) is 0 Å². The van der Waals surface area contributed by atoms with Gasteiger partial charge in [0.15, 0.2) is 0 Å². The highest BCUT2D eigenvalue weighted by Gasteiger charge is 2.20. The number of ether oxygens (including phenoxy) is 2. The second-order valence-corrected chi connectivity index (χ2v) is 9.44. The Hall–Kier alpha value is -3.62. The third-order valence-corrected chi connectivity index (χ3v) is 7.42. The number of carbonyl (C=O) groups is 1. The number of pyridine rings is 1. The van der Waals surface area contributed by atoms with Crippen LogP contribution in [-0.4, -0.2) is 56.2 Å². The third-order valence-electron chi connectivity index (χ3n) is 6.28. The van der Waals surface area contributed by atoms with Crippen molar-refractivity contribution in [3.05, 3.63) is 77.3 Å². The Morgan fingerprint density at radius 1 is 0.971 bits per heavy atom. The molecule has 2 aromatic carbocycles. The Morgan fingerprint density at radius 2 is 1.71 bits per heavy atom. The second kappa shape index (κ2) is 10.3. The smallest absolute Gasteiger partial charge is 0.265 e. The molecule has 5 rings (SSSR count). The minimum Gasteiger partial charge on any atom is -0.496 e. The van der Waals surface area contributed by atoms with Crippen molar-refractivity contribution in [1.82, 2.24) is 9.88 Å². The summed E-state index contributed by atoms with van der Waals surface area (Å²) in [5.74, 6) is 2.34. The van der Waals surface area contributed by atoms with Gasteiger partial charge in [0.25, 0.3) is 5.91 Å². The van der Waals surface area contributed by atoms with Crippen molar-refractivity contribution < 1.29 is 14.3 Å². The van der Waals surface area contributed by atoms with E-state index in [0.29, 0.717) is 4.88 Å². The van der Waals surface area contributed by atoms with Gasteiger partial charge in [-0.25, -0.2) is 4.98 Å². The fourth-order valence-electron chi connectivity index (χ4n) is 4.41. The first kappa shape index (κ1) is 23.1. The number of nitrogens with zero attached hydrogens (tertiary/aromatic N) is 3. The molecular formula is C27H28N4O3S. The van der Waals surface area contributed by atoms with E-state index >= 15 is 0 Å². The molecule has 4 aromatic rings. The molecule has 0 unspecified atom stereocenters. The van der Waals surface area contributed by atoms with Gasteiger partial charge < -0.3 is 19.7 Å². The number of fused-ring (bicyclic) bond motifs is 1. The number of hydrogen-bond acceptors (Lipinski definition) is 7. The van der Waals surface area contributed by atoms with Gasteiger partial charge in [-0.15, -0.1) is 11.3 Å². The van der Waals surface area contributed by atoms with Crippen LogP contribution in [0.15, 0.2) is 66.9 Å². The second-order valence-electron chi connectivity index (χ2n) is 8.39. The molecule has 1 N–H and O–H groups in total. The zero-order valence-electron chi connectivity index (χ0n) is 19.9. The Balaban J connectivity index is 1.29. The summed E-state index contributed by atoms with van der Waals surface area (Å²) < 4.78 is 11.9. The number of amides is 1. The molecular weight excluding hydrogens is 460 g/mol. The number of carbonyl (C=O) groups excluding carboxylic acids is 1. The van der Waals surface area contributed by atoms with E-state index < -0.39 is 0 Å². The van der Waals surface area contributed by atoms with Gasteiger partial charge in [-0.1, -0.05) is 24.3 Å². The van der Waals surface area contributed by atoms with Crippen molar-refractivity contribution in [2.75, 3.05) is 50.6 Å². The summed E-state index contributed by atoms with van der Waals surface area (Å²) in [4.78, 5) is 23.0. The number of hydrogen-bond donors (Lipinski definition) is 1. The molecule has 180 valence electrons. The molecule has 8 heteroatoms. The van der Waals surface area contributed by atoms with E-state index in [2.05, 4.69) is 32.2 Å². The molecule has 1 aliphatic rings. The maximum atomic E-state index is 13.2. The van der Waals surface area contributed by atoms with Crippen LogP contribution >= 0.6 is 11.3 Å². The number of rotatable bonds is 7. The molecule has 0 aliphatic carbocycles. The van der Waals surface area contributed by atoms with Crippen molar-refractivity contribution in [2.45, 2.75) is 6.54 Å². The van der Waals surface area contributed by atoms with Crippen LogP contribution in [-0.2, 0) is 6.54 Å². The third kappa shape index (κ3) is 4.94. The number of anilines is 2. The van der Waals surface area contributed by atoms with Crippen LogP contribution in [0.4, 0.5) is 11.5 Å². The predicted octanol–water partition coefficient (Wildman–Crippen LogP) is 4.89. The van der Waals surface area contributed by atoms with Crippen LogP contribution in [0.1, 0.15) is 15.2 Å². The van der Waals surface area contributed by atoms with Crippen molar-refractivity contribution in [2.24, 2.45) is 0 Å². The Labute approximate surface area is 208 Å². The highest BCUT2D eigenvalue weighted by molar-refractivity contribution is 7.21. The molecule has 35 heavy (non-hydrogen) atoms. The first-order chi connectivity index (χ1) is 17.2. The molecule has 1 fully saturated rings. The lowest BCUT2D eigenvalue weighted by Crippen LogP contribution is -2.46. The van der Waals surface area contributed by atoms with Gasteiger partial charge in [0.2, 0.25) is 0 Å². The van der Waals surface area contributed by atoms with Crippen LogP contribution in [0, 0.1) is 0 Å². The molecule has 1 amide bonds. The average Bonchev–Trinajstić information content (AvgIpc) is 3.36. The minimum atomic E-state index is -0.136. The number of nitrogens with one attached hydrogen (secondary N) is 1. The zero-order valence-corrected chi connectivity index (χ0v) is 20.7. The quantitative estimate of drug-likeness (QED) is 0.400. The fourth-order valence-corrected chi connectivity index (χ4v) is 5.47. The summed E-state index contributed by atoms with van der Waals surface area (Å²) >= 11 is 1.41. The Kier molecular flexibility index (Phi) is 6.83. The van der Waals surface area contributed by atoms with Gasteiger partial charge in [-0.2, -0.15) is 0 Å². The van der Waals surface area contributed by atoms with Gasteiger partial charge >= 0.3 is 0 Å². The summed E-state index contributed by atoms with van der Waals surface area (Å²) in [5.41, 5.74) is 1.93. The van der Waals surface area contributed by atoms with Gasteiger partial charge in [-0.05, 0) is 42.0 Å². The largest absolute Gasteiger partial charge is 0.496 e. The molecule has 1 aliphatic heterocycles. The molecule has 2 aromatic heterocycles. The molecule has 0 spiro atoms. The summed E-state index contributed by atoms with van der Waals surface area (Å²) in [5, 5.41) is 4.01. The fraction of sp³-hybridized carbons (Fsp3) is 0.259. The van der Waals surface area contributed by atoms with Crippen LogP contribution < -0.4 is 19.7 Å². The van der Waals surface area contributed by atoms with Crippen molar-refractivity contribution >= 4 is 38.8 Å². The molecule has 1 saturated heterocycles. The molecule has 0 bridgehead atoms. The molecule has 0 atom stereocenters. The maximum absolute atomic E-state index is 13.2.